The average Bonchev–Trinajstić information content (AvgIpc) is 2.44. The largest absolute Gasteiger partial charge is 0.399 e. The highest BCUT2D eigenvalue weighted by atomic mass is 16.5. The van der Waals surface area contributed by atoms with Gasteiger partial charge in [-0.3, -0.25) is 4.98 Å². The van der Waals surface area contributed by atoms with Gasteiger partial charge in [0.15, 0.2) is 0 Å². The van der Waals surface area contributed by atoms with Gasteiger partial charge >= 0.3 is 0 Å². The van der Waals surface area contributed by atoms with Gasteiger partial charge in [0, 0.05) is 36.0 Å². The lowest BCUT2D eigenvalue weighted by Crippen LogP contribution is -2.54. The van der Waals surface area contributed by atoms with Crippen LogP contribution in [0.2, 0.25) is 0 Å². The van der Waals surface area contributed by atoms with E-state index in [1.807, 2.05) is 38.1 Å². The first kappa shape index (κ1) is 14.1. The Balaban J connectivity index is 2.03. The number of benzene rings is 1. The molecular formula is C16H21N3O2. The normalized spacial score (nSPS) is 21.7. The van der Waals surface area contributed by atoms with Gasteiger partial charge in [0.1, 0.15) is 0 Å². The molecule has 3 N–H and O–H groups in total. The van der Waals surface area contributed by atoms with Crippen LogP contribution in [0.25, 0.3) is 10.9 Å². The smallest absolute Gasteiger partial charge is 0.0988 e. The summed E-state index contributed by atoms with van der Waals surface area (Å²) in [6.45, 7) is 5.55. The number of fused-ring (bicyclic) bond motifs is 1. The maximum atomic E-state index is 9.46. The van der Waals surface area contributed by atoms with Crippen molar-refractivity contribution in [1.29, 1.82) is 0 Å². The highest BCUT2D eigenvalue weighted by molar-refractivity contribution is 5.93. The molecule has 0 radical (unpaired) electrons. The zero-order valence-corrected chi connectivity index (χ0v) is 12.4. The number of pyridine rings is 1. The average molecular weight is 287 g/mol. The third-order valence-electron chi connectivity index (χ3n) is 3.77. The number of aliphatic hydroxyl groups excluding tert-OH is 1. The summed E-state index contributed by atoms with van der Waals surface area (Å²) in [5.74, 6) is 0. The number of nitrogens with two attached hydrogens (primary N) is 1. The van der Waals surface area contributed by atoms with Crippen molar-refractivity contribution in [2.75, 3.05) is 30.3 Å². The number of hydrogen-bond donors (Lipinski definition) is 2. The van der Waals surface area contributed by atoms with Gasteiger partial charge < -0.3 is 20.5 Å². The van der Waals surface area contributed by atoms with Crippen molar-refractivity contribution in [3.8, 4) is 0 Å². The Morgan fingerprint density at radius 3 is 3.00 bits per heavy atom. The minimum atomic E-state index is -0.297. The molecule has 5 nitrogen and oxygen atoms in total. The minimum Gasteiger partial charge on any atom is -0.399 e. The van der Waals surface area contributed by atoms with Crippen LogP contribution < -0.4 is 10.6 Å². The number of morpholine rings is 1. The molecule has 0 bridgehead atoms. The number of aromatic nitrogens is 1. The van der Waals surface area contributed by atoms with Crippen LogP contribution in [0.4, 0.5) is 11.4 Å². The number of hydrogen-bond acceptors (Lipinski definition) is 5. The van der Waals surface area contributed by atoms with E-state index >= 15 is 0 Å². The van der Waals surface area contributed by atoms with Crippen LogP contribution in [-0.2, 0) is 4.74 Å². The summed E-state index contributed by atoms with van der Waals surface area (Å²) in [4.78, 5) is 6.64. The number of nitrogen functional groups attached to an aromatic ring is 1. The number of aliphatic hydroxyl groups is 1. The van der Waals surface area contributed by atoms with Gasteiger partial charge in [-0.05, 0) is 38.1 Å². The summed E-state index contributed by atoms with van der Waals surface area (Å²) in [6.07, 6.45) is 1.62. The molecule has 0 amide bonds. The first-order valence-electron chi connectivity index (χ1n) is 7.16. The Hall–Kier alpha value is -1.85. The van der Waals surface area contributed by atoms with Gasteiger partial charge in [-0.25, -0.2) is 0 Å². The van der Waals surface area contributed by atoms with Crippen molar-refractivity contribution >= 4 is 22.3 Å². The van der Waals surface area contributed by atoms with E-state index in [1.165, 1.54) is 0 Å². The number of rotatable bonds is 2. The molecule has 21 heavy (non-hydrogen) atoms. The first-order valence-corrected chi connectivity index (χ1v) is 7.16. The summed E-state index contributed by atoms with van der Waals surface area (Å²) in [5.41, 5.74) is 8.24. The second kappa shape index (κ2) is 5.16. The van der Waals surface area contributed by atoms with E-state index in [-0.39, 0.29) is 18.3 Å². The predicted octanol–water partition coefficient (Wildman–Crippen LogP) is 1.79. The van der Waals surface area contributed by atoms with Gasteiger partial charge in [0.25, 0.3) is 0 Å². The molecule has 0 saturated carbocycles. The molecule has 0 spiro atoms. The van der Waals surface area contributed by atoms with Gasteiger partial charge in [-0.15, -0.1) is 0 Å². The van der Waals surface area contributed by atoms with Crippen molar-refractivity contribution in [1.82, 2.24) is 4.98 Å². The van der Waals surface area contributed by atoms with E-state index in [9.17, 15) is 5.11 Å². The van der Waals surface area contributed by atoms with Crippen molar-refractivity contribution in [3.05, 3.63) is 30.5 Å². The SMILES string of the molecule is CC1(C)CN(c2ccnc3cc(N)ccc23)CC(CO)O1. The van der Waals surface area contributed by atoms with E-state index < -0.39 is 0 Å². The summed E-state index contributed by atoms with van der Waals surface area (Å²) in [7, 11) is 0. The lowest BCUT2D eigenvalue weighted by atomic mass is 10.0. The molecule has 1 aliphatic rings. The second-order valence-corrected chi connectivity index (χ2v) is 6.17. The van der Waals surface area contributed by atoms with Crippen molar-refractivity contribution < 1.29 is 9.84 Å². The molecule has 3 rings (SSSR count). The van der Waals surface area contributed by atoms with Crippen LogP contribution in [0.5, 0.6) is 0 Å². The molecule has 2 heterocycles. The maximum absolute atomic E-state index is 9.46. The minimum absolute atomic E-state index is 0.0237. The van der Waals surface area contributed by atoms with Crippen LogP contribution in [0.1, 0.15) is 13.8 Å². The van der Waals surface area contributed by atoms with E-state index in [4.69, 9.17) is 10.5 Å². The molecule has 1 aromatic heterocycles. The fourth-order valence-electron chi connectivity index (χ4n) is 3.00. The topological polar surface area (TPSA) is 71.6 Å². The van der Waals surface area contributed by atoms with Crippen LogP contribution >= 0.6 is 0 Å². The lowest BCUT2D eigenvalue weighted by molar-refractivity contribution is -0.100. The van der Waals surface area contributed by atoms with E-state index in [0.29, 0.717) is 12.2 Å². The molecule has 1 atom stereocenters. The predicted molar refractivity (Wildman–Crippen MR) is 84.4 cm³/mol. The molecule has 1 unspecified atom stereocenters. The van der Waals surface area contributed by atoms with Gasteiger partial charge in [0.2, 0.25) is 0 Å². The third kappa shape index (κ3) is 2.80. The highest BCUT2D eigenvalue weighted by Crippen LogP contribution is 2.31. The number of ether oxygens (including phenoxy) is 1. The fraction of sp³-hybridized carbons (Fsp3) is 0.438. The Morgan fingerprint density at radius 2 is 2.24 bits per heavy atom. The highest BCUT2D eigenvalue weighted by Gasteiger charge is 2.33. The molecule has 2 aromatic rings. The van der Waals surface area contributed by atoms with Crippen molar-refractivity contribution in [2.24, 2.45) is 0 Å². The summed E-state index contributed by atoms with van der Waals surface area (Å²) in [5, 5.41) is 10.5. The Kier molecular flexibility index (Phi) is 3.47. The standard InChI is InChI=1S/C16H21N3O2/c1-16(2)10-19(8-12(9-20)21-16)15-5-6-18-14-7-11(17)3-4-13(14)15/h3-7,12,20H,8-10,17H2,1-2H3. The van der Waals surface area contributed by atoms with E-state index in [2.05, 4.69) is 9.88 Å². The van der Waals surface area contributed by atoms with Crippen LogP contribution in [0.15, 0.2) is 30.5 Å². The maximum Gasteiger partial charge on any atom is 0.0988 e. The summed E-state index contributed by atoms with van der Waals surface area (Å²) < 4.78 is 5.88. The zero-order chi connectivity index (χ0) is 15.0. The van der Waals surface area contributed by atoms with Crippen LogP contribution in [-0.4, -0.2) is 41.5 Å². The molecule has 1 aromatic carbocycles. The molecule has 1 saturated heterocycles. The summed E-state index contributed by atoms with van der Waals surface area (Å²) in [6, 6.07) is 7.79. The molecule has 0 aliphatic carbocycles. The first-order chi connectivity index (χ1) is 9.98. The monoisotopic (exact) mass is 287 g/mol. The fourth-order valence-corrected chi connectivity index (χ4v) is 3.00. The summed E-state index contributed by atoms with van der Waals surface area (Å²) >= 11 is 0. The molecule has 112 valence electrons. The van der Waals surface area contributed by atoms with Gasteiger partial charge in [-0.2, -0.15) is 0 Å². The van der Waals surface area contributed by atoms with Crippen molar-refractivity contribution in [2.45, 2.75) is 25.6 Å². The number of anilines is 2. The lowest BCUT2D eigenvalue weighted by Gasteiger charge is -2.43. The molecule has 1 fully saturated rings. The Bertz CT molecular complexity index is 657. The van der Waals surface area contributed by atoms with Crippen LogP contribution in [0, 0.1) is 0 Å². The van der Waals surface area contributed by atoms with Crippen LogP contribution in [0.3, 0.4) is 0 Å². The van der Waals surface area contributed by atoms with Gasteiger partial charge in [0.05, 0.1) is 23.8 Å². The molecule has 5 heteroatoms. The molecule has 1 aliphatic heterocycles. The van der Waals surface area contributed by atoms with Crippen molar-refractivity contribution in [3.63, 3.8) is 0 Å². The zero-order valence-electron chi connectivity index (χ0n) is 12.4. The van der Waals surface area contributed by atoms with Gasteiger partial charge in [-0.1, -0.05) is 0 Å². The Morgan fingerprint density at radius 1 is 1.43 bits per heavy atom. The third-order valence-corrected chi connectivity index (χ3v) is 3.77. The number of nitrogens with zero attached hydrogens (tertiary/aromatic N) is 2. The van der Waals surface area contributed by atoms with E-state index in [0.717, 1.165) is 23.1 Å². The molecular weight excluding hydrogens is 266 g/mol. The Labute approximate surface area is 124 Å². The quantitative estimate of drug-likeness (QED) is 0.824. The van der Waals surface area contributed by atoms with E-state index in [1.54, 1.807) is 6.20 Å². The second-order valence-electron chi connectivity index (χ2n) is 6.17.